The third-order valence-electron chi connectivity index (χ3n) is 2.44. The lowest BCUT2D eigenvalue weighted by Gasteiger charge is -2.25. The van der Waals surface area contributed by atoms with Crippen molar-refractivity contribution >= 4 is 15.9 Å². The molecule has 1 rings (SSSR count). The number of phenols is 1. The maximum atomic E-state index is 9.96. The van der Waals surface area contributed by atoms with Crippen LogP contribution in [-0.2, 0) is 6.54 Å². The van der Waals surface area contributed by atoms with Crippen molar-refractivity contribution in [2.24, 2.45) is 0 Å². The highest BCUT2D eigenvalue weighted by Gasteiger charge is 2.17. The summed E-state index contributed by atoms with van der Waals surface area (Å²) >= 11 is 3.42. The molecule has 0 fully saturated rings. The van der Waals surface area contributed by atoms with Crippen LogP contribution < -0.4 is 0 Å². The Morgan fingerprint density at radius 1 is 1.35 bits per heavy atom. The lowest BCUT2D eigenvalue weighted by atomic mass is 10.1. The van der Waals surface area contributed by atoms with Gasteiger partial charge >= 0.3 is 0 Å². The third kappa shape index (κ3) is 4.66. The van der Waals surface area contributed by atoms with Gasteiger partial charge in [0.2, 0.25) is 0 Å². The minimum absolute atomic E-state index is 0.329. The molecule has 0 spiro atoms. The second kappa shape index (κ2) is 5.38. The number of halogens is 1. The first kappa shape index (κ1) is 14.5. The standard InChI is InChI=1S/C13H20BrNO2/c1-9-5-11(14)6-10(12(9)16)7-15(4)8-13(2,3)17/h5-6,16-17H,7-8H2,1-4H3. The van der Waals surface area contributed by atoms with E-state index < -0.39 is 5.60 Å². The molecular formula is C13H20BrNO2. The molecule has 0 bridgehead atoms. The van der Waals surface area contributed by atoms with Gasteiger partial charge < -0.3 is 10.2 Å². The fraction of sp³-hybridized carbons (Fsp3) is 0.538. The molecule has 0 heterocycles. The fourth-order valence-corrected chi connectivity index (χ4v) is 2.55. The van der Waals surface area contributed by atoms with E-state index in [1.54, 1.807) is 13.8 Å². The number of rotatable bonds is 4. The smallest absolute Gasteiger partial charge is 0.123 e. The van der Waals surface area contributed by atoms with Gasteiger partial charge in [0.15, 0.2) is 0 Å². The zero-order valence-electron chi connectivity index (χ0n) is 10.8. The highest BCUT2D eigenvalue weighted by molar-refractivity contribution is 9.10. The fourth-order valence-electron chi connectivity index (χ4n) is 1.93. The maximum absolute atomic E-state index is 9.96. The molecule has 1 aromatic rings. The average molecular weight is 302 g/mol. The normalized spacial score (nSPS) is 12.2. The van der Waals surface area contributed by atoms with Gasteiger partial charge in [0.1, 0.15) is 5.75 Å². The Morgan fingerprint density at radius 3 is 2.47 bits per heavy atom. The Balaban J connectivity index is 2.81. The van der Waals surface area contributed by atoms with Gasteiger partial charge in [0.05, 0.1) is 5.60 Å². The van der Waals surface area contributed by atoms with Gasteiger partial charge in [0, 0.05) is 23.1 Å². The van der Waals surface area contributed by atoms with Crippen molar-refractivity contribution in [3.05, 3.63) is 27.7 Å². The number of hydrogen-bond donors (Lipinski definition) is 2. The van der Waals surface area contributed by atoms with Gasteiger partial charge in [-0.25, -0.2) is 0 Å². The van der Waals surface area contributed by atoms with Crippen molar-refractivity contribution in [2.45, 2.75) is 32.9 Å². The van der Waals surface area contributed by atoms with Crippen LogP contribution in [0.3, 0.4) is 0 Å². The third-order valence-corrected chi connectivity index (χ3v) is 2.90. The molecule has 2 N–H and O–H groups in total. The van der Waals surface area contributed by atoms with Gasteiger partial charge in [-0.3, -0.25) is 4.90 Å². The molecule has 0 atom stereocenters. The molecule has 0 unspecified atom stereocenters. The van der Waals surface area contributed by atoms with E-state index in [0.717, 1.165) is 15.6 Å². The van der Waals surface area contributed by atoms with Crippen LogP contribution in [0.4, 0.5) is 0 Å². The van der Waals surface area contributed by atoms with E-state index in [-0.39, 0.29) is 0 Å². The molecule has 96 valence electrons. The molecule has 0 aliphatic carbocycles. The van der Waals surface area contributed by atoms with E-state index in [1.165, 1.54) is 0 Å². The number of phenolic OH excluding ortho intramolecular Hbond substituents is 1. The van der Waals surface area contributed by atoms with Crippen LogP contribution in [0, 0.1) is 6.92 Å². The minimum atomic E-state index is -0.731. The predicted molar refractivity (Wildman–Crippen MR) is 73.2 cm³/mol. The van der Waals surface area contributed by atoms with E-state index in [4.69, 9.17) is 0 Å². The predicted octanol–water partition coefficient (Wildman–Crippen LogP) is 2.67. The second-order valence-corrected chi connectivity index (χ2v) is 6.13. The van der Waals surface area contributed by atoms with Crippen LogP contribution in [0.1, 0.15) is 25.0 Å². The Kier molecular flexibility index (Phi) is 4.58. The molecular weight excluding hydrogens is 282 g/mol. The number of aliphatic hydroxyl groups is 1. The highest BCUT2D eigenvalue weighted by atomic mass is 79.9. The molecule has 17 heavy (non-hydrogen) atoms. The number of benzene rings is 1. The van der Waals surface area contributed by atoms with Gasteiger partial charge in [0.25, 0.3) is 0 Å². The summed E-state index contributed by atoms with van der Waals surface area (Å²) in [7, 11) is 1.92. The van der Waals surface area contributed by atoms with Gasteiger partial charge in [-0.2, -0.15) is 0 Å². The van der Waals surface area contributed by atoms with Crippen molar-refractivity contribution in [3.63, 3.8) is 0 Å². The summed E-state index contributed by atoms with van der Waals surface area (Å²) in [5.41, 5.74) is 0.987. The van der Waals surface area contributed by atoms with E-state index in [9.17, 15) is 10.2 Å². The molecule has 0 saturated heterocycles. The zero-order chi connectivity index (χ0) is 13.2. The summed E-state index contributed by atoms with van der Waals surface area (Å²) in [6.45, 7) is 6.58. The Hall–Kier alpha value is -0.580. The van der Waals surface area contributed by atoms with Crippen molar-refractivity contribution in [1.82, 2.24) is 4.90 Å². The Bertz CT molecular complexity index is 399. The minimum Gasteiger partial charge on any atom is -0.507 e. The van der Waals surface area contributed by atoms with Crippen molar-refractivity contribution < 1.29 is 10.2 Å². The van der Waals surface area contributed by atoms with E-state index in [1.807, 2.05) is 31.0 Å². The van der Waals surface area contributed by atoms with Crippen LogP contribution in [-0.4, -0.2) is 34.3 Å². The van der Waals surface area contributed by atoms with Crippen LogP contribution in [0.15, 0.2) is 16.6 Å². The summed E-state index contributed by atoms with van der Waals surface area (Å²) in [4.78, 5) is 1.99. The van der Waals surface area contributed by atoms with Gasteiger partial charge in [-0.05, 0) is 45.5 Å². The highest BCUT2D eigenvalue weighted by Crippen LogP contribution is 2.27. The quantitative estimate of drug-likeness (QED) is 0.898. The molecule has 0 radical (unpaired) electrons. The molecule has 0 aromatic heterocycles. The topological polar surface area (TPSA) is 43.7 Å². The SMILES string of the molecule is Cc1cc(Br)cc(CN(C)CC(C)(C)O)c1O. The Morgan fingerprint density at radius 2 is 1.94 bits per heavy atom. The molecule has 0 amide bonds. The average Bonchev–Trinajstić information content (AvgIpc) is 2.10. The first-order valence-electron chi connectivity index (χ1n) is 5.58. The first-order valence-corrected chi connectivity index (χ1v) is 6.37. The first-order chi connectivity index (χ1) is 7.69. The van der Waals surface area contributed by atoms with Crippen LogP contribution in [0.5, 0.6) is 5.75 Å². The summed E-state index contributed by atoms with van der Waals surface area (Å²) in [6.07, 6.45) is 0. The van der Waals surface area contributed by atoms with Crippen molar-refractivity contribution in [1.29, 1.82) is 0 Å². The van der Waals surface area contributed by atoms with E-state index >= 15 is 0 Å². The van der Waals surface area contributed by atoms with E-state index in [0.29, 0.717) is 18.8 Å². The lowest BCUT2D eigenvalue weighted by Crippen LogP contribution is -2.35. The number of hydrogen-bond acceptors (Lipinski definition) is 3. The zero-order valence-corrected chi connectivity index (χ0v) is 12.4. The molecule has 3 nitrogen and oxygen atoms in total. The summed E-state index contributed by atoms with van der Waals surface area (Å²) in [6, 6.07) is 3.79. The number of aromatic hydroxyl groups is 1. The molecule has 0 aliphatic rings. The molecule has 4 heteroatoms. The van der Waals surface area contributed by atoms with Crippen LogP contribution in [0.25, 0.3) is 0 Å². The lowest BCUT2D eigenvalue weighted by molar-refractivity contribution is 0.0422. The summed E-state index contributed by atoms with van der Waals surface area (Å²) in [5.74, 6) is 0.329. The Labute approximate surface area is 111 Å². The van der Waals surface area contributed by atoms with Gasteiger partial charge in [-0.15, -0.1) is 0 Å². The number of nitrogens with zero attached hydrogens (tertiary/aromatic N) is 1. The molecule has 1 aromatic carbocycles. The molecule has 0 saturated carbocycles. The number of likely N-dealkylation sites (N-methyl/N-ethyl adjacent to an activating group) is 1. The second-order valence-electron chi connectivity index (χ2n) is 5.22. The van der Waals surface area contributed by atoms with Crippen molar-refractivity contribution in [3.8, 4) is 5.75 Å². The van der Waals surface area contributed by atoms with Gasteiger partial charge in [-0.1, -0.05) is 15.9 Å². The van der Waals surface area contributed by atoms with Crippen LogP contribution in [0.2, 0.25) is 0 Å². The van der Waals surface area contributed by atoms with Crippen LogP contribution >= 0.6 is 15.9 Å². The summed E-state index contributed by atoms with van der Waals surface area (Å²) < 4.78 is 0.958. The largest absolute Gasteiger partial charge is 0.507 e. The van der Waals surface area contributed by atoms with Crippen molar-refractivity contribution in [2.75, 3.05) is 13.6 Å². The monoisotopic (exact) mass is 301 g/mol. The maximum Gasteiger partial charge on any atom is 0.123 e. The van der Waals surface area contributed by atoms with E-state index in [2.05, 4.69) is 15.9 Å². The summed E-state index contributed by atoms with van der Waals surface area (Å²) in [5, 5.41) is 19.7. The number of aryl methyl sites for hydroxylation is 1. The molecule has 0 aliphatic heterocycles.